The largest absolute Gasteiger partial charge is 0.490 e. The molecule has 0 fully saturated rings. The third-order valence-electron chi connectivity index (χ3n) is 4.22. The lowest BCUT2D eigenvalue weighted by Crippen LogP contribution is -2.28. The van der Waals surface area contributed by atoms with E-state index in [2.05, 4.69) is 15.3 Å². The topological polar surface area (TPSA) is 73.3 Å². The predicted octanol–water partition coefficient (Wildman–Crippen LogP) is 4.42. The zero-order valence-electron chi connectivity index (χ0n) is 16.8. The number of nitrogens with one attached hydrogen (secondary N) is 1. The molecule has 2 heterocycles. The molecule has 1 N–H and O–H groups in total. The number of ether oxygens (including phenoxy) is 2. The van der Waals surface area contributed by atoms with Gasteiger partial charge in [0.25, 0.3) is 0 Å². The molecule has 3 aromatic rings. The summed E-state index contributed by atoms with van der Waals surface area (Å²) in [4.78, 5) is 21.3. The quantitative estimate of drug-likeness (QED) is 0.564. The van der Waals surface area contributed by atoms with Gasteiger partial charge in [-0.1, -0.05) is 12.1 Å². The van der Waals surface area contributed by atoms with Gasteiger partial charge in [-0.3, -0.25) is 9.78 Å². The molecule has 29 heavy (non-hydrogen) atoms. The van der Waals surface area contributed by atoms with Crippen LogP contribution in [0.2, 0.25) is 0 Å². The summed E-state index contributed by atoms with van der Waals surface area (Å²) in [6, 6.07) is 11.3. The first-order valence-corrected chi connectivity index (χ1v) is 10.5. The summed E-state index contributed by atoms with van der Waals surface area (Å²) in [5.74, 6) is 1.32. The van der Waals surface area contributed by atoms with Gasteiger partial charge in [-0.05, 0) is 50.6 Å². The van der Waals surface area contributed by atoms with Crippen molar-refractivity contribution < 1.29 is 14.3 Å². The number of carbonyl (C=O) groups excluding carboxylic acids is 1. The van der Waals surface area contributed by atoms with Gasteiger partial charge in [0.05, 0.1) is 37.1 Å². The van der Waals surface area contributed by atoms with E-state index in [-0.39, 0.29) is 18.4 Å². The molecule has 1 atom stereocenters. The van der Waals surface area contributed by atoms with Gasteiger partial charge in [-0.25, -0.2) is 4.98 Å². The number of carbonyl (C=O) groups is 1. The predicted molar refractivity (Wildman–Crippen MR) is 114 cm³/mol. The SMILES string of the molecule is CCOc1ccc(C(C)NC(=O)Cc2csc(-c3ccccn3)n2)cc1OCC. The first-order chi connectivity index (χ1) is 14.1. The van der Waals surface area contributed by atoms with Crippen molar-refractivity contribution in [1.82, 2.24) is 15.3 Å². The van der Waals surface area contributed by atoms with Crippen molar-refractivity contribution in [2.75, 3.05) is 13.2 Å². The minimum absolute atomic E-state index is 0.0813. The lowest BCUT2D eigenvalue weighted by molar-refractivity contribution is -0.121. The van der Waals surface area contributed by atoms with Crippen molar-refractivity contribution in [1.29, 1.82) is 0 Å². The Hall–Kier alpha value is -2.93. The zero-order valence-corrected chi connectivity index (χ0v) is 17.7. The van der Waals surface area contributed by atoms with Crippen LogP contribution in [0.4, 0.5) is 0 Å². The highest BCUT2D eigenvalue weighted by atomic mass is 32.1. The van der Waals surface area contributed by atoms with E-state index < -0.39 is 0 Å². The lowest BCUT2D eigenvalue weighted by Gasteiger charge is -2.17. The van der Waals surface area contributed by atoms with Crippen LogP contribution < -0.4 is 14.8 Å². The van der Waals surface area contributed by atoms with Crippen LogP contribution in [0, 0.1) is 0 Å². The second-order valence-electron chi connectivity index (χ2n) is 6.40. The number of benzene rings is 1. The standard InChI is InChI=1S/C22H25N3O3S/c1-4-27-19-10-9-16(12-20(19)28-5-2)15(3)24-21(26)13-17-14-29-22(25-17)18-8-6-7-11-23-18/h6-12,14-15H,4-5,13H2,1-3H3,(H,24,26). The van der Waals surface area contributed by atoms with E-state index in [0.29, 0.717) is 24.7 Å². The van der Waals surface area contributed by atoms with Gasteiger partial charge in [0, 0.05) is 11.6 Å². The van der Waals surface area contributed by atoms with E-state index in [1.54, 1.807) is 6.20 Å². The minimum atomic E-state index is -0.161. The van der Waals surface area contributed by atoms with E-state index in [0.717, 1.165) is 22.0 Å². The van der Waals surface area contributed by atoms with Crippen molar-refractivity contribution in [2.45, 2.75) is 33.2 Å². The van der Waals surface area contributed by atoms with Gasteiger partial charge < -0.3 is 14.8 Å². The smallest absolute Gasteiger partial charge is 0.226 e. The fourth-order valence-electron chi connectivity index (χ4n) is 2.87. The lowest BCUT2D eigenvalue weighted by atomic mass is 10.1. The summed E-state index contributed by atoms with van der Waals surface area (Å²) in [7, 11) is 0. The van der Waals surface area contributed by atoms with Gasteiger partial charge in [0.15, 0.2) is 11.5 Å². The fraction of sp³-hybridized carbons (Fsp3) is 0.318. The van der Waals surface area contributed by atoms with Crippen LogP contribution in [0.3, 0.4) is 0 Å². The Labute approximate surface area is 174 Å². The summed E-state index contributed by atoms with van der Waals surface area (Å²) in [6.45, 7) is 6.93. The zero-order chi connectivity index (χ0) is 20.6. The van der Waals surface area contributed by atoms with Gasteiger partial charge in [0.2, 0.25) is 5.91 Å². The molecule has 1 unspecified atom stereocenters. The Morgan fingerprint density at radius 1 is 1.14 bits per heavy atom. The molecule has 7 heteroatoms. The van der Waals surface area contributed by atoms with Crippen molar-refractivity contribution in [3.8, 4) is 22.2 Å². The average molecular weight is 412 g/mol. The molecular weight excluding hydrogens is 386 g/mol. The summed E-state index contributed by atoms with van der Waals surface area (Å²) in [5.41, 5.74) is 2.51. The normalized spacial score (nSPS) is 11.7. The number of nitrogens with zero attached hydrogens (tertiary/aromatic N) is 2. The highest BCUT2D eigenvalue weighted by Crippen LogP contribution is 2.30. The summed E-state index contributed by atoms with van der Waals surface area (Å²) < 4.78 is 11.3. The first kappa shape index (κ1) is 20.8. The minimum Gasteiger partial charge on any atom is -0.490 e. The van der Waals surface area contributed by atoms with Crippen LogP contribution in [0.1, 0.15) is 38.1 Å². The fourth-order valence-corrected chi connectivity index (χ4v) is 3.67. The Balaban J connectivity index is 1.63. The molecule has 0 aliphatic carbocycles. The van der Waals surface area contributed by atoms with Crippen LogP contribution in [-0.4, -0.2) is 29.1 Å². The molecule has 0 spiro atoms. The second-order valence-corrected chi connectivity index (χ2v) is 7.26. The number of aromatic nitrogens is 2. The molecule has 0 aliphatic heterocycles. The third-order valence-corrected chi connectivity index (χ3v) is 5.14. The van der Waals surface area contributed by atoms with E-state index in [1.165, 1.54) is 11.3 Å². The highest BCUT2D eigenvalue weighted by molar-refractivity contribution is 7.13. The van der Waals surface area contributed by atoms with Crippen molar-refractivity contribution in [2.24, 2.45) is 0 Å². The number of rotatable bonds is 9. The molecule has 3 rings (SSSR count). The number of pyridine rings is 1. The Morgan fingerprint density at radius 3 is 2.66 bits per heavy atom. The maximum absolute atomic E-state index is 12.5. The molecule has 2 aromatic heterocycles. The number of amides is 1. The Bertz CT molecular complexity index is 943. The molecule has 0 bridgehead atoms. The molecule has 0 radical (unpaired) electrons. The monoisotopic (exact) mass is 411 g/mol. The number of thiazole rings is 1. The molecule has 1 aromatic carbocycles. The maximum atomic E-state index is 12.5. The summed E-state index contributed by atoms with van der Waals surface area (Å²) in [5, 5.41) is 5.74. The van der Waals surface area contributed by atoms with Gasteiger partial charge in [-0.2, -0.15) is 0 Å². The Morgan fingerprint density at radius 2 is 1.93 bits per heavy atom. The molecular formula is C22H25N3O3S. The molecule has 152 valence electrons. The van der Waals surface area contributed by atoms with Crippen molar-refractivity contribution in [3.05, 3.63) is 59.2 Å². The van der Waals surface area contributed by atoms with E-state index in [1.807, 2.05) is 62.5 Å². The van der Waals surface area contributed by atoms with Crippen LogP contribution in [-0.2, 0) is 11.2 Å². The molecule has 0 aliphatic rings. The average Bonchev–Trinajstić information content (AvgIpc) is 3.18. The van der Waals surface area contributed by atoms with Crippen LogP contribution in [0.5, 0.6) is 11.5 Å². The third kappa shape index (κ3) is 5.54. The van der Waals surface area contributed by atoms with Crippen LogP contribution >= 0.6 is 11.3 Å². The van der Waals surface area contributed by atoms with E-state index >= 15 is 0 Å². The van der Waals surface area contributed by atoms with Gasteiger partial charge in [-0.15, -0.1) is 11.3 Å². The second kappa shape index (κ2) is 10.0. The van der Waals surface area contributed by atoms with Crippen molar-refractivity contribution in [3.63, 3.8) is 0 Å². The maximum Gasteiger partial charge on any atom is 0.226 e. The van der Waals surface area contributed by atoms with Crippen LogP contribution in [0.15, 0.2) is 48.0 Å². The van der Waals surface area contributed by atoms with Gasteiger partial charge in [0.1, 0.15) is 5.01 Å². The van der Waals surface area contributed by atoms with Gasteiger partial charge >= 0.3 is 0 Å². The molecule has 0 saturated carbocycles. The summed E-state index contributed by atoms with van der Waals surface area (Å²) in [6.07, 6.45) is 1.96. The van der Waals surface area contributed by atoms with Crippen molar-refractivity contribution >= 4 is 17.2 Å². The Kier molecular flexibility index (Phi) is 7.19. The molecule has 1 amide bonds. The number of hydrogen-bond acceptors (Lipinski definition) is 6. The van der Waals surface area contributed by atoms with E-state index in [9.17, 15) is 4.79 Å². The molecule has 6 nitrogen and oxygen atoms in total. The van der Waals surface area contributed by atoms with Crippen LogP contribution in [0.25, 0.3) is 10.7 Å². The number of hydrogen-bond donors (Lipinski definition) is 1. The molecule has 0 saturated heterocycles. The van der Waals surface area contributed by atoms with E-state index in [4.69, 9.17) is 9.47 Å². The highest BCUT2D eigenvalue weighted by Gasteiger charge is 2.15. The summed E-state index contributed by atoms with van der Waals surface area (Å²) >= 11 is 1.49. The first-order valence-electron chi connectivity index (χ1n) is 9.65.